The summed E-state index contributed by atoms with van der Waals surface area (Å²) in [6, 6.07) is 11.2. The second-order valence-electron chi connectivity index (χ2n) is 3.78. The summed E-state index contributed by atoms with van der Waals surface area (Å²) in [5.74, 6) is 0. The second-order valence-corrected chi connectivity index (χ2v) is 5.78. The Hall–Kier alpha value is -1.53. The van der Waals surface area contributed by atoms with E-state index in [9.17, 15) is 10.1 Å². The topological polar surface area (TPSA) is 55.2 Å². The SMILES string of the molecule is O=[N+]([O-])c1cc(Br)cc2c1Nc1ccccc1S2. The molecule has 4 nitrogen and oxygen atoms in total. The lowest BCUT2D eigenvalue weighted by Crippen LogP contribution is -2.03. The molecular weight excluding hydrogens is 316 g/mol. The van der Waals surface area contributed by atoms with Gasteiger partial charge in [-0.05, 0) is 18.2 Å². The Morgan fingerprint density at radius 3 is 2.78 bits per heavy atom. The van der Waals surface area contributed by atoms with Crippen molar-refractivity contribution in [3.8, 4) is 0 Å². The summed E-state index contributed by atoms with van der Waals surface area (Å²) in [5, 5.41) is 14.2. The molecule has 1 aliphatic heterocycles. The quantitative estimate of drug-likeness (QED) is 0.527. The highest BCUT2D eigenvalue weighted by Crippen LogP contribution is 2.48. The first-order valence-electron chi connectivity index (χ1n) is 5.17. The van der Waals surface area contributed by atoms with Gasteiger partial charge in [-0.2, -0.15) is 0 Å². The number of anilines is 2. The van der Waals surface area contributed by atoms with Crippen LogP contribution in [0, 0.1) is 10.1 Å². The van der Waals surface area contributed by atoms with Gasteiger partial charge in [0.1, 0.15) is 5.69 Å². The number of benzene rings is 2. The minimum absolute atomic E-state index is 0.0846. The zero-order valence-corrected chi connectivity index (χ0v) is 11.4. The van der Waals surface area contributed by atoms with Gasteiger partial charge in [-0.1, -0.05) is 39.8 Å². The van der Waals surface area contributed by atoms with Gasteiger partial charge >= 0.3 is 0 Å². The van der Waals surface area contributed by atoms with Crippen molar-refractivity contribution in [2.24, 2.45) is 0 Å². The Labute approximate surface area is 116 Å². The Balaban J connectivity index is 2.18. The molecule has 2 aromatic carbocycles. The maximum atomic E-state index is 11.1. The molecule has 0 fully saturated rings. The summed E-state index contributed by atoms with van der Waals surface area (Å²) in [6.07, 6.45) is 0. The highest BCUT2D eigenvalue weighted by atomic mass is 79.9. The third-order valence-corrected chi connectivity index (χ3v) is 4.19. The van der Waals surface area contributed by atoms with E-state index in [0.717, 1.165) is 15.5 Å². The number of hydrogen-bond donors (Lipinski definition) is 1. The van der Waals surface area contributed by atoms with Crippen LogP contribution in [0.5, 0.6) is 0 Å². The van der Waals surface area contributed by atoms with Crippen LogP contribution in [0.4, 0.5) is 17.1 Å². The number of nitrogens with zero attached hydrogens (tertiary/aromatic N) is 1. The molecule has 90 valence electrons. The fourth-order valence-corrected chi connectivity index (χ4v) is 3.48. The van der Waals surface area contributed by atoms with E-state index in [4.69, 9.17) is 0 Å². The fourth-order valence-electron chi connectivity index (χ4n) is 1.83. The highest BCUT2D eigenvalue weighted by Gasteiger charge is 2.24. The van der Waals surface area contributed by atoms with Gasteiger partial charge in [0.2, 0.25) is 0 Å². The molecule has 0 radical (unpaired) electrons. The van der Waals surface area contributed by atoms with Crippen molar-refractivity contribution in [1.29, 1.82) is 0 Å². The summed E-state index contributed by atoms with van der Waals surface area (Å²) in [7, 11) is 0. The van der Waals surface area contributed by atoms with E-state index in [1.807, 2.05) is 30.3 Å². The lowest BCUT2D eigenvalue weighted by Gasteiger charge is -2.20. The minimum atomic E-state index is -0.370. The van der Waals surface area contributed by atoms with Crippen LogP contribution in [-0.4, -0.2) is 4.92 Å². The highest BCUT2D eigenvalue weighted by molar-refractivity contribution is 9.10. The Morgan fingerprint density at radius 2 is 2.00 bits per heavy atom. The summed E-state index contributed by atoms with van der Waals surface area (Å²) in [4.78, 5) is 12.6. The molecule has 18 heavy (non-hydrogen) atoms. The van der Waals surface area contributed by atoms with E-state index in [1.165, 1.54) is 17.8 Å². The van der Waals surface area contributed by atoms with Gasteiger partial charge in [-0.3, -0.25) is 10.1 Å². The van der Waals surface area contributed by atoms with E-state index < -0.39 is 0 Å². The van der Waals surface area contributed by atoms with Gasteiger partial charge in [-0.15, -0.1) is 0 Å². The summed E-state index contributed by atoms with van der Waals surface area (Å²) in [6.45, 7) is 0. The number of nitro groups is 1. The third-order valence-electron chi connectivity index (χ3n) is 2.61. The van der Waals surface area contributed by atoms with Crippen molar-refractivity contribution in [2.75, 3.05) is 5.32 Å². The number of nitro benzene ring substituents is 1. The van der Waals surface area contributed by atoms with E-state index in [-0.39, 0.29) is 10.6 Å². The molecule has 0 bridgehead atoms. The number of halogens is 1. The lowest BCUT2D eigenvalue weighted by atomic mass is 10.2. The van der Waals surface area contributed by atoms with E-state index in [1.54, 1.807) is 0 Å². The van der Waals surface area contributed by atoms with Crippen LogP contribution in [0.3, 0.4) is 0 Å². The number of hydrogen-bond acceptors (Lipinski definition) is 4. The summed E-state index contributed by atoms with van der Waals surface area (Å²) in [5.41, 5.74) is 1.55. The van der Waals surface area contributed by atoms with Crippen molar-refractivity contribution < 1.29 is 4.92 Å². The van der Waals surface area contributed by atoms with Crippen molar-refractivity contribution in [2.45, 2.75) is 9.79 Å². The molecule has 0 amide bonds. The number of fused-ring (bicyclic) bond motifs is 2. The van der Waals surface area contributed by atoms with Gasteiger partial charge in [0, 0.05) is 20.3 Å². The van der Waals surface area contributed by atoms with Gasteiger partial charge < -0.3 is 5.32 Å². The Morgan fingerprint density at radius 1 is 1.22 bits per heavy atom. The van der Waals surface area contributed by atoms with Crippen LogP contribution in [0.15, 0.2) is 50.7 Å². The van der Waals surface area contributed by atoms with Crippen LogP contribution >= 0.6 is 27.7 Å². The molecule has 1 aliphatic rings. The van der Waals surface area contributed by atoms with E-state index in [2.05, 4.69) is 21.2 Å². The molecule has 0 saturated heterocycles. The van der Waals surface area contributed by atoms with E-state index >= 15 is 0 Å². The predicted molar refractivity (Wildman–Crippen MR) is 74.6 cm³/mol. The van der Waals surface area contributed by atoms with Crippen LogP contribution in [0.2, 0.25) is 0 Å². The monoisotopic (exact) mass is 322 g/mol. The van der Waals surface area contributed by atoms with Crippen LogP contribution in [0.25, 0.3) is 0 Å². The van der Waals surface area contributed by atoms with Gasteiger partial charge in [0.05, 0.1) is 10.6 Å². The van der Waals surface area contributed by atoms with Crippen molar-refractivity contribution in [3.05, 3.63) is 51.0 Å². The molecule has 0 atom stereocenters. The largest absolute Gasteiger partial charge is 0.348 e. The smallest absolute Gasteiger partial charge is 0.294 e. The molecule has 6 heteroatoms. The van der Waals surface area contributed by atoms with Gasteiger partial charge in [0.15, 0.2) is 0 Å². The Bertz CT molecular complexity index is 661. The zero-order valence-electron chi connectivity index (χ0n) is 9.01. The zero-order chi connectivity index (χ0) is 12.7. The average molecular weight is 323 g/mol. The fraction of sp³-hybridized carbons (Fsp3) is 0. The second kappa shape index (κ2) is 4.29. The third kappa shape index (κ3) is 1.87. The van der Waals surface area contributed by atoms with Crippen LogP contribution < -0.4 is 5.32 Å². The number of para-hydroxylation sites is 1. The first-order valence-corrected chi connectivity index (χ1v) is 6.78. The van der Waals surface area contributed by atoms with Crippen molar-refractivity contribution in [1.82, 2.24) is 0 Å². The first-order chi connectivity index (χ1) is 8.65. The van der Waals surface area contributed by atoms with Crippen molar-refractivity contribution in [3.63, 3.8) is 0 Å². The van der Waals surface area contributed by atoms with Crippen LogP contribution in [-0.2, 0) is 0 Å². The molecular formula is C12H7BrN2O2S. The lowest BCUT2D eigenvalue weighted by molar-refractivity contribution is -0.384. The molecule has 3 rings (SSSR count). The molecule has 1 heterocycles. The molecule has 0 aliphatic carbocycles. The normalized spacial score (nSPS) is 12.3. The molecule has 0 spiro atoms. The molecule has 1 N–H and O–H groups in total. The minimum Gasteiger partial charge on any atom is -0.348 e. The molecule has 0 aromatic heterocycles. The molecule has 2 aromatic rings. The maximum absolute atomic E-state index is 11.1. The maximum Gasteiger partial charge on any atom is 0.294 e. The van der Waals surface area contributed by atoms with Crippen LogP contribution in [0.1, 0.15) is 0 Å². The van der Waals surface area contributed by atoms with E-state index in [0.29, 0.717) is 10.2 Å². The summed E-state index contributed by atoms with van der Waals surface area (Å²) >= 11 is 4.84. The standard InChI is InChI=1S/C12H7BrN2O2S/c13-7-5-9(15(16)17)12-11(6-7)18-10-4-2-1-3-8(10)14-12/h1-6,14H. The van der Waals surface area contributed by atoms with Gasteiger partial charge in [0.25, 0.3) is 5.69 Å². The van der Waals surface area contributed by atoms with Gasteiger partial charge in [-0.25, -0.2) is 0 Å². The predicted octanol–water partition coefficient (Wildman–Crippen LogP) is 4.57. The average Bonchev–Trinajstić information content (AvgIpc) is 2.35. The number of nitrogens with one attached hydrogen (secondary N) is 1. The first kappa shape index (κ1) is 11.6. The summed E-state index contributed by atoms with van der Waals surface area (Å²) < 4.78 is 0.710. The Kier molecular flexibility index (Phi) is 2.76. The molecule has 0 unspecified atom stereocenters. The molecule has 0 saturated carbocycles. The number of rotatable bonds is 1. The van der Waals surface area contributed by atoms with Crippen molar-refractivity contribution >= 4 is 44.8 Å².